The number of aryl methyl sites for hydroxylation is 2. The second-order valence-electron chi connectivity index (χ2n) is 6.60. The van der Waals surface area contributed by atoms with Crippen LogP contribution in [0, 0.1) is 19.7 Å². The van der Waals surface area contributed by atoms with Gasteiger partial charge in [0.1, 0.15) is 11.1 Å². The third-order valence-corrected chi connectivity index (χ3v) is 6.64. The number of imide groups is 1. The summed E-state index contributed by atoms with van der Waals surface area (Å²) in [7, 11) is 0. The Morgan fingerprint density at radius 1 is 1.10 bits per heavy atom. The lowest BCUT2D eigenvalue weighted by Crippen LogP contribution is -2.32. The maximum atomic E-state index is 13.8. The Labute approximate surface area is 175 Å². The van der Waals surface area contributed by atoms with Crippen molar-refractivity contribution in [2.24, 2.45) is 0 Å². The highest BCUT2D eigenvalue weighted by molar-refractivity contribution is 8.02. The summed E-state index contributed by atoms with van der Waals surface area (Å²) in [4.78, 5) is 26.8. The second-order valence-corrected chi connectivity index (χ2v) is 9.02. The van der Waals surface area contributed by atoms with E-state index in [9.17, 15) is 14.0 Å². The smallest absolute Gasteiger partial charge is 0.247 e. The van der Waals surface area contributed by atoms with Crippen LogP contribution in [-0.4, -0.2) is 27.3 Å². The molecule has 3 aromatic rings. The van der Waals surface area contributed by atoms with Crippen LogP contribution in [0.15, 0.2) is 46.8 Å². The molecule has 1 fully saturated rings. The lowest BCUT2D eigenvalue weighted by Gasteiger charge is -2.19. The molecule has 2 aromatic carbocycles. The van der Waals surface area contributed by atoms with E-state index in [0.717, 1.165) is 11.1 Å². The molecule has 0 radical (unpaired) electrons. The van der Waals surface area contributed by atoms with Crippen molar-refractivity contribution in [3.63, 3.8) is 0 Å². The van der Waals surface area contributed by atoms with E-state index in [2.05, 4.69) is 15.5 Å². The molecule has 0 spiro atoms. The molecule has 1 saturated heterocycles. The molecule has 1 aliphatic rings. The summed E-state index contributed by atoms with van der Waals surface area (Å²) in [6.45, 7) is 3.77. The quantitative estimate of drug-likeness (QED) is 0.605. The van der Waals surface area contributed by atoms with Crippen LogP contribution in [0.3, 0.4) is 0 Å². The van der Waals surface area contributed by atoms with Gasteiger partial charge < -0.3 is 5.32 Å². The largest absolute Gasteiger partial charge is 0.328 e. The fraction of sp³-hybridized carbons (Fsp3) is 0.200. The summed E-state index contributed by atoms with van der Waals surface area (Å²) >= 11 is 2.42. The van der Waals surface area contributed by atoms with Crippen molar-refractivity contribution < 1.29 is 14.0 Å². The van der Waals surface area contributed by atoms with Gasteiger partial charge in [-0.3, -0.25) is 9.59 Å². The highest BCUT2D eigenvalue weighted by Crippen LogP contribution is 2.38. The van der Waals surface area contributed by atoms with Gasteiger partial charge in [-0.2, -0.15) is 0 Å². The molecule has 1 N–H and O–H groups in total. The SMILES string of the molecule is Cc1cccc(C)c1N1C(=O)CC(Sc2nnc(Nc3ccccc3F)s2)C1=O. The standard InChI is InChI=1S/C20H17FN4O2S2/c1-11-6-5-7-12(2)17(11)25-16(26)10-15(18(25)27)28-20-24-23-19(29-20)22-14-9-4-3-8-13(14)21/h3-9,15H,10H2,1-2H3,(H,22,23). The molecule has 0 aliphatic carbocycles. The van der Waals surface area contributed by atoms with Crippen LogP contribution >= 0.6 is 23.1 Å². The first kappa shape index (κ1) is 19.5. The number of rotatable bonds is 5. The van der Waals surface area contributed by atoms with Gasteiger partial charge in [-0.05, 0) is 37.1 Å². The minimum absolute atomic E-state index is 0.104. The van der Waals surface area contributed by atoms with Gasteiger partial charge in [-0.25, -0.2) is 9.29 Å². The molecule has 29 heavy (non-hydrogen) atoms. The zero-order valence-electron chi connectivity index (χ0n) is 15.7. The van der Waals surface area contributed by atoms with Crippen molar-refractivity contribution in [1.29, 1.82) is 0 Å². The number of benzene rings is 2. The summed E-state index contributed by atoms with van der Waals surface area (Å²) in [6.07, 6.45) is 0.104. The highest BCUT2D eigenvalue weighted by Gasteiger charge is 2.41. The number of carbonyl (C=O) groups excluding carboxylic acids is 2. The normalized spacial score (nSPS) is 16.5. The fourth-order valence-corrected chi connectivity index (χ4v) is 5.23. The van der Waals surface area contributed by atoms with E-state index in [-0.39, 0.29) is 18.2 Å². The maximum absolute atomic E-state index is 13.8. The first-order valence-electron chi connectivity index (χ1n) is 8.89. The average Bonchev–Trinajstić information content (AvgIpc) is 3.23. The van der Waals surface area contributed by atoms with Crippen molar-refractivity contribution in [1.82, 2.24) is 10.2 Å². The molecular formula is C20H17FN4O2S2. The molecular weight excluding hydrogens is 411 g/mol. The van der Waals surface area contributed by atoms with Crippen LogP contribution < -0.4 is 10.2 Å². The Bertz CT molecular complexity index is 1080. The molecule has 4 rings (SSSR count). The predicted octanol–water partition coefficient (Wildman–Crippen LogP) is 4.46. The summed E-state index contributed by atoms with van der Waals surface area (Å²) in [5.74, 6) is -0.868. The van der Waals surface area contributed by atoms with Gasteiger partial charge in [0.2, 0.25) is 16.9 Å². The Morgan fingerprint density at radius 2 is 1.83 bits per heavy atom. The van der Waals surface area contributed by atoms with Crippen molar-refractivity contribution >= 4 is 51.4 Å². The number of nitrogens with zero attached hydrogens (tertiary/aromatic N) is 3. The number of carbonyl (C=O) groups is 2. The van der Waals surface area contributed by atoms with Crippen molar-refractivity contribution in [2.75, 3.05) is 10.2 Å². The van der Waals surface area contributed by atoms with Crippen molar-refractivity contribution in [3.8, 4) is 0 Å². The van der Waals surface area contributed by atoms with Crippen molar-refractivity contribution in [2.45, 2.75) is 29.9 Å². The summed E-state index contributed by atoms with van der Waals surface area (Å²) < 4.78 is 14.3. The Kier molecular flexibility index (Phi) is 5.33. The first-order chi connectivity index (χ1) is 13.9. The third kappa shape index (κ3) is 3.88. The van der Waals surface area contributed by atoms with E-state index in [4.69, 9.17) is 0 Å². The zero-order valence-corrected chi connectivity index (χ0v) is 17.3. The zero-order chi connectivity index (χ0) is 20.5. The van der Waals surface area contributed by atoms with Gasteiger partial charge >= 0.3 is 0 Å². The van der Waals surface area contributed by atoms with Gasteiger partial charge in [0.15, 0.2) is 4.34 Å². The second kappa shape index (κ2) is 7.92. The minimum Gasteiger partial charge on any atom is -0.328 e. The highest BCUT2D eigenvalue weighted by atomic mass is 32.2. The molecule has 1 aromatic heterocycles. The monoisotopic (exact) mass is 428 g/mol. The van der Waals surface area contributed by atoms with Crippen LogP contribution in [0.5, 0.6) is 0 Å². The first-order valence-corrected chi connectivity index (χ1v) is 10.6. The van der Waals surface area contributed by atoms with Crippen LogP contribution in [0.2, 0.25) is 0 Å². The Morgan fingerprint density at radius 3 is 2.55 bits per heavy atom. The molecule has 0 bridgehead atoms. The topological polar surface area (TPSA) is 75.2 Å². The number of para-hydroxylation sites is 2. The van der Waals surface area contributed by atoms with E-state index < -0.39 is 11.1 Å². The van der Waals surface area contributed by atoms with Gasteiger partial charge in [-0.1, -0.05) is 53.4 Å². The summed E-state index contributed by atoms with van der Waals surface area (Å²) in [5.41, 5.74) is 2.72. The van der Waals surface area contributed by atoms with Crippen LogP contribution in [0.4, 0.5) is 20.9 Å². The van der Waals surface area contributed by atoms with E-state index in [1.165, 1.54) is 34.1 Å². The lowest BCUT2D eigenvalue weighted by molar-refractivity contribution is -0.121. The fourth-order valence-electron chi connectivity index (χ4n) is 3.20. The van der Waals surface area contributed by atoms with E-state index in [1.54, 1.807) is 18.2 Å². The molecule has 2 heterocycles. The molecule has 6 nitrogen and oxygen atoms in total. The number of hydrogen-bond donors (Lipinski definition) is 1. The molecule has 148 valence electrons. The molecule has 1 atom stereocenters. The number of thioether (sulfide) groups is 1. The minimum atomic E-state index is -0.559. The average molecular weight is 429 g/mol. The number of anilines is 3. The van der Waals surface area contributed by atoms with Crippen LogP contribution in [-0.2, 0) is 9.59 Å². The number of halogens is 1. The third-order valence-electron chi connectivity index (χ3n) is 4.53. The Balaban J connectivity index is 1.50. The predicted molar refractivity (Wildman–Crippen MR) is 112 cm³/mol. The van der Waals surface area contributed by atoms with Crippen molar-refractivity contribution in [3.05, 3.63) is 59.4 Å². The molecule has 1 aliphatic heterocycles. The van der Waals surface area contributed by atoms with E-state index >= 15 is 0 Å². The lowest BCUT2D eigenvalue weighted by atomic mass is 10.1. The number of aromatic nitrogens is 2. The number of amides is 2. The van der Waals surface area contributed by atoms with Gasteiger partial charge in [0.25, 0.3) is 0 Å². The molecule has 0 saturated carbocycles. The van der Waals surface area contributed by atoms with Gasteiger partial charge in [0.05, 0.1) is 11.4 Å². The summed E-state index contributed by atoms with van der Waals surface area (Å²) in [6, 6.07) is 11.9. The maximum Gasteiger partial charge on any atom is 0.247 e. The molecule has 1 unspecified atom stereocenters. The van der Waals surface area contributed by atoms with Gasteiger partial charge in [-0.15, -0.1) is 10.2 Å². The Hall–Kier alpha value is -2.78. The van der Waals surface area contributed by atoms with Gasteiger partial charge in [0, 0.05) is 6.42 Å². The van der Waals surface area contributed by atoms with Crippen LogP contribution in [0.25, 0.3) is 0 Å². The van der Waals surface area contributed by atoms with E-state index in [0.29, 0.717) is 20.8 Å². The van der Waals surface area contributed by atoms with Crippen LogP contribution in [0.1, 0.15) is 17.5 Å². The molecule has 9 heteroatoms. The summed E-state index contributed by atoms with van der Waals surface area (Å²) in [5, 5.41) is 10.8. The molecule has 2 amide bonds. The van der Waals surface area contributed by atoms with E-state index in [1.807, 2.05) is 32.0 Å². The number of nitrogens with one attached hydrogen (secondary N) is 1. The number of hydrogen-bond acceptors (Lipinski definition) is 7.